The average Bonchev–Trinajstić information content (AvgIpc) is 3.25. The number of hydrogen-bond donors (Lipinski definition) is 1. The summed E-state index contributed by atoms with van der Waals surface area (Å²) in [6.45, 7) is -1.03. The van der Waals surface area contributed by atoms with Gasteiger partial charge in [-0.1, -0.05) is 30.3 Å². The second kappa shape index (κ2) is 8.22. The summed E-state index contributed by atoms with van der Waals surface area (Å²) in [4.78, 5) is 8.36. The summed E-state index contributed by atoms with van der Waals surface area (Å²) in [6.07, 6.45) is -0.342. The van der Waals surface area contributed by atoms with Crippen molar-refractivity contribution in [3.8, 4) is 5.75 Å². The zero-order valence-corrected chi connectivity index (χ0v) is 17.6. The van der Waals surface area contributed by atoms with Crippen molar-refractivity contribution in [2.75, 3.05) is 6.61 Å². The first-order valence-corrected chi connectivity index (χ1v) is 10.4. The van der Waals surface area contributed by atoms with Crippen LogP contribution in [0.15, 0.2) is 84.1 Å². The molecule has 0 spiro atoms. The molecule has 0 fully saturated rings. The lowest BCUT2D eigenvalue weighted by Crippen LogP contribution is -2.47. The molecule has 2 unspecified atom stereocenters. The molecule has 1 aromatic heterocycles. The Labute approximate surface area is 192 Å². The highest BCUT2D eigenvalue weighted by molar-refractivity contribution is 5.86. The second-order valence-corrected chi connectivity index (χ2v) is 8.11. The van der Waals surface area contributed by atoms with E-state index in [0.717, 1.165) is 5.39 Å². The van der Waals surface area contributed by atoms with E-state index < -0.39 is 24.4 Å². The standard InChI is InChI=1S/C26H18F4N2O2/c27-21-5-1-17(2-6-21)24-23-8-4-20(11-19(23)14-32-24)25(33,26(28,29)30)15-34-22-7-3-16-9-10-31-13-18(16)12-22/h1-14,24,33H,15H2. The van der Waals surface area contributed by atoms with Crippen LogP contribution in [-0.2, 0) is 5.60 Å². The molecular formula is C26H18F4N2O2. The number of aliphatic hydroxyl groups is 1. The van der Waals surface area contributed by atoms with Crippen molar-refractivity contribution in [2.24, 2.45) is 4.99 Å². The van der Waals surface area contributed by atoms with E-state index in [1.807, 2.05) is 0 Å². The Morgan fingerprint density at radius 2 is 1.71 bits per heavy atom. The first kappa shape index (κ1) is 22.0. The van der Waals surface area contributed by atoms with Crippen LogP contribution in [0.3, 0.4) is 0 Å². The molecule has 172 valence electrons. The van der Waals surface area contributed by atoms with Gasteiger partial charge in [0.05, 0.1) is 0 Å². The minimum Gasteiger partial charge on any atom is -0.490 e. The second-order valence-electron chi connectivity index (χ2n) is 8.11. The molecule has 1 N–H and O–H groups in total. The third-order valence-corrected chi connectivity index (χ3v) is 5.94. The van der Waals surface area contributed by atoms with Gasteiger partial charge in [0.2, 0.25) is 5.60 Å². The highest BCUT2D eigenvalue weighted by atomic mass is 19.4. The van der Waals surface area contributed by atoms with Crippen molar-refractivity contribution in [1.29, 1.82) is 0 Å². The quantitative estimate of drug-likeness (QED) is 0.383. The molecule has 0 aliphatic carbocycles. The molecule has 4 aromatic rings. The smallest absolute Gasteiger partial charge is 0.424 e. The minimum atomic E-state index is -4.99. The lowest BCUT2D eigenvalue weighted by Gasteiger charge is -2.31. The third kappa shape index (κ3) is 3.90. The van der Waals surface area contributed by atoms with Crippen molar-refractivity contribution < 1.29 is 27.4 Å². The Kier molecular flexibility index (Phi) is 5.32. The van der Waals surface area contributed by atoms with Crippen molar-refractivity contribution in [3.05, 3.63) is 107 Å². The monoisotopic (exact) mass is 466 g/mol. The van der Waals surface area contributed by atoms with Crippen LogP contribution in [0.5, 0.6) is 5.75 Å². The highest BCUT2D eigenvalue weighted by Gasteiger charge is 2.56. The van der Waals surface area contributed by atoms with Gasteiger partial charge in [0.1, 0.15) is 24.2 Å². The van der Waals surface area contributed by atoms with Gasteiger partial charge in [-0.2, -0.15) is 13.2 Å². The number of ether oxygens (including phenoxy) is 1. The molecule has 2 atom stereocenters. The summed E-state index contributed by atoms with van der Waals surface area (Å²) >= 11 is 0. The highest BCUT2D eigenvalue weighted by Crippen LogP contribution is 2.42. The van der Waals surface area contributed by atoms with E-state index in [0.29, 0.717) is 22.1 Å². The van der Waals surface area contributed by atoms with Crippen LogP contribution in [0.2, 0.25) is 0 Å². The maximum atomic E-state index is 14.1. The summed E-state index contributed by atoms with van der Waals surface area (Å²) in [5, 5.41) is 12.4. The Morgan fingerprint density at radius 1 is 0.912 bits per heavy atom. The van der Waals surface area contributed by atoms with Crippen molar-refractivity contribution >= 4 is 17.0 Å². The summed E-state index contributed by atoms with van der Waals surface area (Å²) in [7, 11) is 0. The molecule has 0 bridgehead atoms. The van der Waals surface area contributed by atoms with Gasteiger partial charge in [-0.05, 0) is 64.0 Å². The van der Waals surface area contributed by atoms with E-state index in [2.05, 4.69) is 9.98 Å². The Hall–Kier alpha value is -3.78. The SMILES string of the molecule is OC(COc1ccc2ccncc2c1)(c1ccc2c(c1)C=NC2c1ccc(F)cc1)C(F)(F)F. The average molecular weight is 466 g/mol. The number of halogens is 4. The molecule has 0 saturated heterocycles. The number of benzene rings is 3. The third-order valence-electron chi connectivity index (χ3n) is 5.94. The van der Waals surface area contributed by atoms with Gasteiger partial charge in [0.15, 0.2) is 0 Å². The van der Waals surface area contributed by atoms with Crippen molar-refractivity contribution in [3.63, 3.8) is 0 Å². The van der Waals surface area contributed by atoms with Gasteiger partial charge < -0.3 is 9.84 Å². The molecule has 2 heterocycles. The first-order chi connectivity index (χ1) is 16.2. The number of aromatic nitrogens is 1. The predicted octanol–water partition coefficient (Wildman–Crippen LogP) is 5.72. The van der Waals surface area contributed by atoms with E-state index in [1.165, 1.54) is 36.5 Å². The molecular weight excluding hydrogens is 448 g/mol. The number of rotatable bonds is 5. The van der Waals surface area contributed by atoms with Gasteiger partial charge in [0.25, 0.3) is 0 Å². The molecule has 0 amide bonds. The fraction of sp³-hybridized carbons (Fsp3) is 0.154. The van der Waals surface area contributed by atoms with Gasteiger partial charge in [-0.15, -0.1) is 0 Å². The van der Waals surface area contributed by atoms with Crippen LogP contribution in [0.4, 0.5) is 17.6 Å². The predicted molar refractivity (Wildman–Crippen MR) is 119 cm³/mol. The first-order valence-electron chi connectivity index (χ1n) is 10.4. The van der Waals surface area contributed by atoms with E-state index in [-0.39, 0.29) is 17.1 Å². The summed E-state index contributed by atoms with van der Waals surface area (Å²) in [5.41, 5.74) is -1.76. The Balaban J connectivity index is 1.44. The van der Waals surface area contributed by atoms with Crippen LogP contribution in [0, 0.1) is 5.82 Å². The molecule has 0 radical (unpaired) electrons. The van der Waals surface area contributed by atoms with Crippen LogP contribution in [0.1, 0.15) is 28.3 Å². The molecule has 1 aliphatic rings. The number of hydrogen-bond acceptors (Lipinski definition) is 4. The Morgan fingerprint density at radius 3 is 2.47 bits per heavy atom. The maximum absolute atomic E-state index is 14.1. The van der Waals surface area contributed by atoms with Crippen LogP contribution in [-0.4, -0.2) is 29.1 Å². The topological polar surface area (TPSA) is 54.7 Å². The lowest BCUT2D eigenvalue weighted by atomic mass is 9.89. The number of pyridine rings is 1. The van der Waals surface area contributed by atoms with Gasteiger partial charge >= 0.3 is 6.18 Å². The minimum absolute atomic E-state index is 0.183. The van der Waals surface area contributed by atoms with Crippen LogP contribution < -0.4 is 4.74 Å². The molecule has 0 saturated carbocycles. The van der Waals surface area contributed by atoms with E-state index in [1.54, 1.807) is 48.8 Å². The molecule has 5 rings (SSSR count). The summed E-state index contributed by atoms with van der Waals surface area (Å²) in [6, 6.07) is 15.9. The number of nitrogens with zero attached hydrogens (tertiary/aromatic N) is 2. The fourth-order valence-electron chi connectivity index (χ4n) is 4.01. The molecule has 1 aliphatic heterocycles. The molecule has 4 nitrogen and oxygen atoms in total. The number of fused-ring (bicyclic) bond motifs is 2. The summed E-state index contributed by atoms with van der Waals surface area (Å²) in [5.74, 6) is -0.207. The lowest BCUT2D eigenvalue weighted by molar-refractivity contribution is -0.275. The van der Waals surface area contributed by atoms with E-state index in [9.17, 15) is 22.7 Å². The van der Waals surface area contributed by atoms with E-state index >= 15 is 0 Å². The zero-order chi connectivity index (χ0) is 23.9. The zero-order valence-electron chi connectivity index (χ0n) is 17.6. The summed E-state index contributed by atoms with van der Waals surface area (Å²) < 4.78 is 60.9. The van der Waals surface area contributed by atoms with Gasteiger partial charge in [-0.3, -0.25) is 9.98 Å². The molecule has 34 heavy (non-hydrogen) atoms. The van der Waals surface area contributed by atoms with Gasteiger partial charge in [0, 0.05) is 24.0 Å². The maximum Gasteiger partial charge on any atom is 0.424 e. The van der Waals surface area contributed by atoms with Crippen LogP contribution in [0.25, 0.3) is 10.8 Å². The Bertz CT molecular complexity index is 1390. The molecule has 8 heteroatoms. The van der Waals surface area contributed by atoms with E-state index in [4.69, 9.17) is 4.74 Å². The largest absolute Gasteiger partial charge is 0.490 e. The number of alkyl halides is 3. The molecule has 3 aromatic carbocycles. The van der Waals surface area contributed by atoms with Crippen molar-refractivity contribution in [1.82, 2.24) is 4.98 Å². The number of aliphatic imine (C=N–C) groups is 1. The van der Waals surface area contributed by atoms with Crippen LogP contribution >= 0.6 is 0 Å². The van der Waals surface area contributed by atoms with Crippen molar-refractivity contribution in [2.45, 2.75) is 17.8 Å². The normalized spacial score (nSPS) is 16.9. The van der Waals surface area contributed by atoms with Gasteiger partial charge in [-0.25, -0.2) is 4.39 Å². The fourth-order valence-corrected chi connectivity index (χ4v) is 4.01.